The summed E-state index contributed by atoms with van der Waals surface area (Å²) in [6.07, 6.45) is 6.69. The number of rotatable bonds is 8. The molecule has 0 radical (unpaired) electrons. The van der Waals surface area contributed by atoms with Gasteiger partial charge in [0.15, 0.2) is 0 Å². The Morgan fingerprint density at radius 3 is 2.51 bits per heavy atom. The van der Waals surface area contributed by atoms with Crippen molar-refractivity contribution in [3.05, 3.63) is 59.6 Å². The molecule has 2 N–H and O–H groups in total. The molecule has 0 atom stereocenters. The lowest BCUT2D eigenvalue weighted by Crippen LogP contribution is -2.35. The lowest BCUT2D eigenvalue weighted by molar-refractivity contribution is -0.139. The van der Waals surface area contributed by atoms with Crippen LogP contribution in [0, 0.1) is 11.7 Å². The summed E-state index contributed by atoms with van der Waals surface area (Å²) in [4.78, 5) is 17.8. The number of likely N-dealkylation sites (N-methyl/N-ethyl adjacent to an activating group) is 1. The first-order valence-corrected chi connectivity index (χ1v) is 13.2. The van der Waals surface area contributed by atoms with Gasteiger partial charge in [-0.3, -0.25) is 0 Å². The number of anilines is 2. The Morgan fingerprint density at radius 2 is 1.85 bits per heavy atom. The van der Waals surface area contributed by atoms with Crippen molar-refractivity contribution in [3.8, 4) is 11.3 Å². The standard InChI is InChI=1S/C28H33F4N7/c1-37(2)13-14-39-16-24(20-6-8-23(29)22(15-20)28(30,31)32)36-26(39)19-9-11-38(12-10-19)27-21(7-5-18-3-4-18)25(33)34-17-35-27/h5-8,15-19H,3-4,9-14H2,1-2H3,(H2,33,34,35). The van der Waals surface area contributed by atoms with Crippen molar-refractivity contribution in [1.29, 1.82) is 0 Å². The molecule has 11 heteroatoms. The second kappa shape index (κ2) is 11.0. The SMILES string of the molecule is CN(C)CCn1cc(-c2ccc(F)c(C(F)(F)F)c2)nc1C1CCN(c2ncnc(N)c2C=CC2CC2)CC1. The minimum absolute atomic E-state index is 0.115. The number of benzene rings is 1. The highest BCUT2D eigenvalue weighted by Gasteiger charge is 2.35. The molecule has 1 aliphatic carbocycles. The monoisotopic (exact) mass is 543 g/mol. The number of hydrogen-bond acceptors (Lipinski definition) is 6. The second-order valence-corrected chi connectivity index (χ2v) is 10.6. The summed E-state index contributed by atoms with van der Waals surface area (Å²) in [7, 11) is 3.93. The van der Waals surface area contributed by atoms with Crippen LogP contribution in [0.5, 0.6) is 0 Å². The summed E-state index contributed by atoms with van der Waals surface area (Å²) >= 11 is 0. The van der Waals surface area contributed by atoms with Gasteiger partial charge >= 0.3 is 6.18 Å². The number of nitrogen functional groups attached to an aromatic ring is 1. The Balaban J connectivity index is 1.39. The van der Waals surface area contributed by atoms with Crippen LogP contribution >= 0.6 is 0 Å². The number of nitrogens with two attached hydrogens (primary N) is 1. The molecule has 2 aliphatic rings. The van der Waals surface area contributed by atoms with E-state index in [0.717, 1.165) is 61.8 Å². The Kier molecular flexibility index (Phi) is 7.61. The van der Waals surface area contributed by atoms with E-state index in [9.17, 15) is 17.6 Å². The smallest absolute Gasteiger partial charge is 0.383 e. The molecule has 1 aliphatic heterocycles. The number of aromatic nitrogens is 4. The van der Waals surface area contributed by atoms with Crippen molar-refractivity contribution in [3.63, 3.8) is 0 Å². The van der Waals surface area contributed by atoms with Crippen molar-refractivity contribution < 1.29 is 17.6 Å². The number of alkyl halides is 3. The highest BCUT2D eigenvalue weighted by molar-refractivity contribution is 5.72. The van der Waals surface area contributed by atoms with E-state index in [4.69, 9.17) is 10.7 Å². The van der Waals surface area contributed by atoms with E-state index in [2.05, 4.69) is 20.9 Å². The molecule has 39 heavy (non-hydrogen) atoms. The molecular weight excluding hydrogens is 510 g/mol. The van der Waals surface area contributed by atoms with Crippen LogP contribution in [0.15, 0.2) is 36.8 Å². The molecule has 7 nitrogen and oxygen atoms in total. The average molecular weight is 544 g/mol. The molecule has 1 saturated heterocycles. The Labute approximate surface area is 225 Å². The minimum Gasteiger partial charge on any atom is -0.383 e. The molecule has 0 bridgehead atoms. The van der Waals surface area contributed by atoms with Crippen LogP contribution in [0.2, 0.25) is 0 Å². The zero-order valence-corrected chi connectivity index (χ0v) is 22.1. The molecule has 0 spiro atoms. The van der Waals surface area contributed by atoms with Crippen molar-refractivity contribution in [1.82, 2.24) is 24.4 Å². The lowest BCUT2D eigenvalue weighted by atomic mass is 9.95. The first-order valence-electron chi connectivity index (χ1n) is 13.2. The topological polar surface area (TPSA) is 76.1 Å². The fourth-order valence-corrected chi connectivity index (χ4v) is 4.97. The molecule has 3 aromatic rings. The lowest BCUT2D eigenvalue weighted by Gasteiger charge is -2.33. The van der Waals surface area contributed by atoms with Crippen LogP contribution < -0.4 is 10.6 Å². The quantitative estimate of drug-likeness (QED) is 0.381. The first-order chi connectivity index (χ1) is 18.6. The number of halogens is 4. The van der Waals surface area contributed by atoms with Gasteiger partial charge in [-0.05, 0) is 63.9 Å². The van der Waals surface area contributed by atoms with Gasteiger partial charge in [-0.25, -0.2) is 19.3 Å². The maximum atomic E-state index is 13.9. The molecule has 1 saturated carbocycles. The van der Waals surface area contributed by atoms with Gasteiger partial charge in [-0.1, -0.05) is 12.2 Å². The number of allylic oxidation sites excluding steroid dienone is 1. The zero-order chi connectivity index (χ0) is 27.7. The normalized spacial score (nSPS) is 17.1. The van der Waals surface area contributed by atoms with Crippen LogP contribution in [0.1, 0.15) is 48.6 Å². The highest BCUT2D eigenvalue weighted by atomic mass is 19.4. The summed E-state index contributed by atoms with van der Waals surface area (Å²) < 4.78 is 56.0. The molecular formula is C28H33F4N7. The summed E-state index contributed by atoms with van der Waals surface area (Å²) in [5.74, 6) is 1.54. The second-order valence-electron chi connectivity index (χ2n) is 10.6. The van der Waals surface area contributed by atoms with Gasteiger partial charge in [-0.2, -0.15) is 13.2 Å². The third kappa shape index (κ3) is 6.24. The van der Waals surface area contributed by atoms with E-state index in [-0.39, 0.29) is 11.5 Å². The molecule has 5 rings (SSSR count). The summed E-state index contributed by atoms with van der Waals surface area (Å²) in [6, 6.07) is 3.06. The predicted molar refractivity (Wildman–Crippen MR) is 144 cm³/mol. The summed E-state index contributed by atoms with van der Waals surface area (Å²) in [5, 5.41) is 0. The molecule has 0 unspecified atom stereocenters. The Bertz CT molecular complexity index is 1340. The van der Waals surface area contributed by atoms with E-state index < -0.39 is 17.6 Å². The number of hydrogen-bond donors (Lipinski definition) is 1. The van der Waals surface area contributed by atoms with Gasteiger partial charge in [0.05, 0.1) is 16.8 Å². The van der Waals surface area contributed by atoms with Gasteiger partial charge < -0.3 is 20.1 Å². The largest absolute Gasteiger partial charge is 0.419 e. The van der Waals surface area contributed by atoms with Crippen LogP contribution in [-0.4, -0.2) is 58.1 Å². The number of piperidine rings is 1. The fraction of sp³-hybridized carbons (Fsp3) is 0.464. The van der Waals surface area contributed by atoms with E-state index >= 15 is 0 Å². The molecule has 3 heterocycles. The summed E-state index contributed by atoms with van der Waals surface area (Å²) in [5.41, 5.74) is 6.41. The predicted octanol–water partition coefficient (Wildman–Crippen LogP) is 5.45. The molecule has 1 aromatic carbocycles. The van der Waals surface area contributed by atoms with Gasteiger partial charge in [0, 0.05) is 43.9 Å². The van der Waals surface area contributed by atoms with Crippen molar-refractivity contribution >= 4 is 17.7 Å². The third-order valence-corrected chi connectivity index (χ3v) is 7.37. The first kappa shape index (κ1) is 27.1. The Hall–Kier alpha value is -3.47. The third-order valence-electron chi connectivity index (χ3n) is 7.37. The molecule has 2 fully saturated rings. The molecule has 0 amide bonds. The van der Waals surface area contributed by atoms with E-state index in [1.165, 1.54) is 25.2 Å². The summed E-state index contributed by atoms with van der Waals surface area (Å²) in [6.45, 7) is 2.85. The number of imidazole rings is 1. The van der Waals surface area contributed by atoms with Crippen LogP contribution in [0.25, 0.3) is 17.3 Å². The van der Waals surface area contributed by atoms with Gasteiger partial charge in [0.1, 0.15) is 29.6 Å². The minimum atomic E-state index is -4.78. The maximum absolute atomic E-state index is 13.9. The highest BCUT2D eigenvalue weighted by Crippen LogP contribution is 2.37. The zero-order valence-electron chi connectivity index (χ0n) is 22.1. The van der Waals surface area contributed by atoms with Crippen LogP contribution in [0.4, 0.5) is 29.2 Å². The van der Waals surface area contributed by atoms with Crippen LogP contribution in [0.3, 0.4) is 0 Å². The van der Waals surface area contributed by atoms with Crippen molar-refractivity contribution in [2.45, 2.75) is 44.3 Å². The molecule has 2 aromatic heterocycles. The van der Waals surface area contributed by atoms with Crippen LogP contribution in [-0.2, 0) is 12.7 Å². The van der Waals surface area contributed by atoms with Gasteiger partial charge in [0.2, 0.25) is 0 Å². The average Bonchev–Trinajstić information content (AvgIpc) is 3.63. The maximum Gasteiger partial charge on any atom is 0.419 e. The Morgan fingerprint density at radius 1 is 1.10 bits per heavy atom. The van der Waals surface area contributed by atoms with Crippen molar-refractivity contribution in [2.24, 2.45) is 5.92 Å². The number of nitrogens with zero attached hydrogens (tertiary/aromatic N) is 6. The van der Waals surface area contributed by atoms with E-state index in [0.29, 0.717) is 24.0 Å². The van der Waals surface area contributed by atoms with E-state index in [1.807, 2.05) is 29.6 Å². The fourth-order valence-electron chi connectivity index (χ4n) is 4.97. The van der Waals surface area contributed by atoms with Gasteiger partial charge in [0.25, 0.3) is 0 Å². The van der Waals surface area contributed by atoms with Gasteiger partial charge in [-0.15, -0.1) is 0 Å². The van der Waals surface area contributed by atoms with E-state index in [1.54, 1.807) is 6.20 Å². The molecule has 208 valence electrons. The van der Waals surface area contributed by atoms with Crippen molar-refractivity contribution in [2.75, 3.05) is 44.4 Å².